The van der Waals surface area contributed by atoms with Crippen LogP contribution in [0.5, 0.6) is 0 Å². The molecule has 3 N–H and O–H groups in total. The number of aryl methyl sites for hydroxylation is 1. The van der Waals surface area contributed by atoms with Crippen LogP contribution in [0.15, 0.2) is 30.3 Å². The van der Waals surface area contributed by atoms with Crippen LogP contribution in [0.1, 0.15) is 11.4 Å². The summed E-state index contributed by atoms with van der Waals surface area (Å²) in [7, 11) is 0. The summed E-state index contributed by atoms with van der Waals surface area (Å²) in [4.78, 5) is 13.3. The molecule has 100 valence electrons. The Balaban J connectivity index is 1.96. The van der Waals surface area contributed by atoms with Gasteiger partial charge in [-0.3, -0.25) is 5.32 Å². The Bertz CT molecular complexity index is 763. The van der Waals surface area contributed by atoms with E-state index in [1.165, 1.54) is 0 Å². The summed E-state index contributed by atoms with van der Waals surface area (Å²) >= 11 is 6.49. The number of benzene rings is 1. The summed E-state index contributed by atoms with van der Waals surface area (Å²) in [5.41, 5.74) is 7.90. The third-order valence-corrected chi connectivity index (χ3v) is 3.78. The van der Waals surface area contributed by atoms with Crippen molar-refractivity contribution in [3.8, 4) is 0 Å². The van der Waals surface area contributed by atoms with Crippen molar-refractivity contribution >= 4 is 49.8 Å². The standard InChI is InChI=1S/C13H11N5S2/c1-7-6-9(11(14)19)16-12(15-7)18-13-17-8-4-2-3-5-10(8)20-13/h2-6H,1H3,(H2,14,19)(H,15,16,17,18). The molecule has 0 radical (unpaired) electrons. The lowest BCUT2D eigenvalue weighted by atomic mass is 10.3. The number of nitrogens with zero attached hydrogens (tertiary/aromatic N) is 3. The first-order valence-electron chi connectivity index (χ1n) is 5.90. The number of rotatable bonds is 3. The molecule has 0 aliphatic carbocycles. The van der Waals surface area contributed by atoms with E-state index >= 15 is 0 Å². The minimum absolute atomic E-state index is 0.253. The van der Waals surface area contributed by atoms with Crippen LogP contribution >= 0.6 is 23.6 Å². The normalized spacial score (nSPS) is 10.7. The van der Waals surface area contributed by atoms with E-state index in [0.29, 0.717) is 11.6 Å². The number of fused-ring (bicyclic) bond motifs is 1. The fraction of sp³-hybridized carbons (Fsp3) is 0.0769. The molecule has 7 heteroatoms. The molecule has 0 bridgehead atoms. The lowest BCUT2D eigenvalue weighted by Crippen LogP contribution is -2.13. The van der Waals surface area contributed by atoms with Crippen LogP contribution in [0.3, 0.4) is 0 Å². The van der Waals surface area contributed by atoms with Crippen molar-refractivity contribution in [3.63, 3.8) is 0 Å². The van der Waals surface area contributed by atoms with Crippen LogP contribution in [0.25, 0.3) is 10.2 Å². The first-order chi connectivity index (χ1) is 9.61. The second-order valence-corrected chi connectivity index (χ2v) is 5.66. The Kier molecular flexibility index (Phi) is 3.29. The Morgan fingerprint density at radius 3 is 2.80 bits per heavy atom. The Labute approximate surface area is 124 Å². The van der Waals surface area contributed by atoms with E-state index in [1.54, 1.807) is 17.4 Å². The molecule has 2 heterocycles. The smallest absolute Gasteiger partial charge is 0.229 e. The lowest BCUT2D eigenvalue weighted by molar-refractivity contribution is 1.09. The highest BCUT2D eigenvalue weighted by Gasteiger charge is 2.08. The Morgan fingerprint density at radius 2 is 2.05 bits per heavy atom. The van der Waals surface area contributed by atoms with Gasteiger partial charge in [-0.2, -0.15) is 0 Å². The van der Waals surface area contributed by atoms with Gasteiger partial charge in [-0.05, 0) is 25.1 Å². The third-order valence-electron chi connectivity index (χ3n) is 2.62. The van der Waals surface area contributed by atoms with Crippen molar-refractivity contribution in [1.29, 1.82) is 0 Å². The topological polar surface area (TPSA) is 76.7 Å². The molecule has 0 aliphatic heterocycles. The molecule has 20 heavy (non-hydrogen) atoms. The minimum Gasteiger partial charge on any atom is -0.388 e. The van der Waals surface area contributed by atoms with Gasteiger partial charge in [0.15, 0.2) is 5.13 Å². The lowest BCUT2D eigenvalue weighted by Gasteiger charge is -2.04. The number of hydrogen-bond acceptors (Lipinski definition) is 6. The SMILES string of the molecule is Cc1cc(C(N)=S)nc(Nc2nc3ccccc3s2)n1. The molecule has 5 nitrogen and oxygen atoms in total. The average Bonchev–Trinajstić information content (AvgIpc) is 2.79. The van der Waals surface area contributed by atoms with Gasteiger partial charge >= 0.3 is 0 Å². The summed E-state index contributed by atoms with van der Waals surface area (Å²) in [6.07, 6.45) is 0. The molecule has 0 unspecified atom stereocenters. The van der Waals surface area contributed by atoms with E-state index in [2.05, 4.69) is 20.3 Å². The first-order valence-corrected chi connectivity index (χ1v) is 7.12. The largest absolute Gasteiger partial charge is 0.388 e. The molecule has 0 fully saturated rings. The summed E-state index contributed by atoms with van der Waals surface area (Å²) in [5.74, 6) is 0.451. The van der Waals surface area contributed by atoms with Crippen LogP contribution in [0, 0.1) is 6.92 Å². The van der Waals surface area contributed by atoms with Crippen LogP contribution in [0.2, 0.25) is 0 Å². The zero-order chi connectivity index (χ0) is 14.1. The molecule has 1 aromatic carbocycles. The second-order valence-electron chi connectivity index (χ2n) is 4.19. The van der Waals surface area contributed by atoms with E-state index in [4.69, 9.17) is 18.0 Å². The van der Waals surface area contributed by atoms with E-state index < -0.39 is 0 Å². The zero-order valence-electron chi connectivity index (χ0n) is 10.6. The van der Waals surface area contributed by atoms with Gasteiger partial charge in [-0.25, -0.2) is 15.0 Å². The van der Waals surface area contributed by atoms with Crippen molar-refractivity contribution in [2.24, 2.45) is 5.73 Å². The molecule has 0 amide bonds. The number of nitrogens with one attached hydrogen (secondary N) is 1. The minimum atomic E-state index is 0.253. The molecule has 0 saturated carbocycles. The zero-order valence-corrected chi connectivity index (χ0v) is 12.3. The predicted molar refractivity (Wildman–Crippen MR) is 85.6 cm³/mol. The third kappa shape index (κ3) is 2.59. The average molecular weight is 301 g/mol. The quantitative estimate of drug-likeness (QED) is 0.724. The molecule has 3 aromatic rings. The van der Waals surface area contributed by atoms with Crippen molar-refractivity contribution < 1.29 is 0 Å². The number of thiazole rings is 1. The summed E-state index contributed by atoms with van der Waals surface area (Å²) in [6, 6.07) is 9.69. The number of nitrogens with two attached hydrogens (primary N) is 1. The van der Waals surface area contributed by atoms with Gasteiger partial charge in [-0.1, -0.05) is 35.7 Å². The number of aromatic nitrogens is 3. The summed E-state index contributed by atoms with van der Waals surface area (Å²) < 4.78 is 1.11. The Morgan fingerprint density at radius 1 is 1.25 bits per heavy atom. The van der Waals surface area contributed by atoms with Gasteiger partial charge < -0.3 is 5.73 Å². The maximum Gasteiger partial charge on any atom is 0.229 e. The van der Waals surface area contributed by atoms with Crippen molar-refractivity contribution in [1.82, 2.24) is 15.0 Å². The molecule has 0 saturated heterocycles. The molecule has 3 rings (SSSR count). The maximum atomic E-state index is 5.61. The highest BCUT2D eigenvalue weighted by molar-refractivity contribution is 7.80. The molecule has 0 aliphatic rings. The summed E-state index contributed by atoms with van der Waals surface area (Å²) in [6.45, 7) is 1.87. The van der Waals surface area contributed by atoms with Gasteiger partial charge in [0.1, 0.15) is 10.7 Å². The highest BCUT2D eigenvalue weighted by atomic mass is 32.1. The molecule has 0 atom stereocenters. The van der Waals surface area contributed by atoms with Crippen molar-refractivity contribution in [3.05, 3.63) is 41.7 Å². The van der Waals surface area contributed by atoms with E-state index in [0.717, 1.165) is 21.0 Å². The second kappa shape index (κ2) is 5.10. The first kappa shape index (κ1) is 12.9. The van der Waals surface area contributed by atoms with Gasteiger partial charge in [-0.15, -0.1) is 0 Å². The fourth-order valence-corrected chi connectivity index (χ4v) is 2.74. The molecule has 2 aromatic heterocycles. The molecular formula is C13H11N5S2. The number of thiocarbonyl (C=S) groups is 1. The van der Waals surface area contributed by atoms with Gasteiger partial charge in [0.05, 0.1) is 10.2 Å². The number of hydrogen-bond donors (Lipinski definition) is 2. The number of anilines is 2. The van der Waals surface area contributed by atoms with Crippen LogP contribution in [0.4, 0.5) is 11.1 Å². The van der Waals surface area contributed by atoms with E-state index in [9.17, 15) is 0 Å². The molecule has 0 spiro atoms. The van der Waals surface area contributed by atoms with E-state index in [-0.39, 0.29) is 4.99 Å². The van der Waals surface area contributed by atoms with E-state index in [1.807, 2.05) is 31.2 Å². The Hall–Kier alpha value is -2.12. The van der Waals surface area contributed by atoms with Crippen molar-refractivity contribution in [2.45, 2.75) is 6.92 Å². The van der Waals surface area contributed by atoms with Gasteiger partial charge in [0.2, 0.25) is 5.95 Å². The van der Waals surface area contributed by atoms with Crippen LogP contribution < -0.4 is 11.1 Å². The summed E-state index contributed by atoms with van der Waals surface area (Å²) in [5, 5.41) is 3.84. The molecular weight excluding hydrogens is 290 g/mol. The fourth-order valence-electron chi connectivity index (χ4n) is 1.77. The van der Waals surface area contributed by atoms with Crippen LogP contribution in [-0.4, -0.2) is 19.9 Å². The van der Waals surface area contributed by atoms with Gasteiger partial charge in [0, 0.05) is 5.69 Å². The maximum absolute atomic E-state index is 5.61. The highest BCUT2D eigenvalue weighted by Crippen LogP contribution is 2.27. The monoisotopic (exact) mass is 301 g/mol. The van der Waals surface area contributed by atoms with Crippen LogP contribution in [-0.2, 0) is 0 Å². The number of para-hydroxylation sites is 1. The van der Waals surface area contributed by atoms with Crippen molar-refractivity contribution in [2.75, 3.05) is 5.32 Å². The predicted octanol–water partition coefficient (Wildman–Crippen LogP) is 2.77. The van der Waals surface area contributed by atoms with Gasteiger partial charge in [0.25, 0.3) is 0 Å².